The smallest absolute Gasteiger partial charge is 0.164 e. The summed E-state index contributed by atoms with van der Waals surface area (Å²) in [6.45, 7) is 8.70. The van der Waals surface area contributed by atoms with Gasteiger partial charge in [0, 0.05) is 54.9 Å². The Hall–Kier alpha value is -4.01. The van der Waals surface area contributed by atoms with Gasteiger partial charge in [0.05, 0.1) is 43.0 Å². The third-order valence-corrected chi connectivity index (χ3v) is 7.21. The van der Waals surface area contributed by atoms with E-state index in [0.717, 1.165) is 84.6 Å². The molecule has 6 rings (SSSR count). The lowest BCUT2D eigenvalue weighted by atomic mass is 10.0. The van der Waals surface area contributed by atoms with Crippen LogP contribution < -0.4 is 4.74 Å². The summed E-state index contributed by atoms with van der Waals surface area (Å²) in [6, 6.07) is 18.8. The zero-order valence-corrected chi connectivity index (χ0v) is 22.1. The van der Waals surface area contributed by atoms with E-state index >= 15 is 0 Å². The molecule has 2 aromatic carbocycles. The highest BCUT2D eigenvalue weighted by molar-refractivity contribution is 5.86. The first-order valence-electron chi connectivity index (χ1n) is 13.1. The maximum Gasteiger partial charge on any atom is 0.164 e. The van der Waals surface area contributed by atoms with Crippen LogP contribution in [0.1, 0.15) is 17.0 Å². The van der Waals surface area contributed by atoms with E-state index < -0.39 is 0 Å². The molecular formula is C30H32N6O2. The Balaban J connectivity index is 1.43. The highest BCUT2D eigenvalue weighted by Crippen LogP contribution is 2.38. The van der Waals surface area contributed by atoms with Crippen LogP contribution in [0.25, 0.3) is 33.7 Å². The molecule has 1 aliphatic heterocycles. The Bertz CT molecular complexity index is 1570. The van der Waals surface area contributed by atoms with E-state index in [2.05, 4.69) is 46.4 Å². The van der Waals surface area contributed by atoms with Gasteiger partial charge in [0.15, 0.2) is 5.65 Å². The standard InChI is InChI=1S/C30H32N6O2/c1-21-19-27(25-8-5-4-7-23(25)11-14-34-15-17-38-18-16-34)36-30(32-21)29(22(2)33-36)26-10-9-24(20-28(26)37-3)35-13-6-12-31-35/h4-10,12-13,19-20H,11,14-18H2,1-3H3. The normalized spacial score (nSPS) is 14.3. The molecule has 1 aliphatic rings. The van der Waals surface area contributed by atoms with Crippen LogP contribution in [0.15, 0.2) is 67.0 Å². The van der Waals surface area contributed by atoms with Crippen molar-refractivity contribution in [2.75, 3.05) is 40.0 Å². The molecule has 4 heterocycles. The summed E-state index contributed by atoms with van der Waals surface area (Å²) in [5.74, 6) is 0.756. The predicted octanol–water partition coefficient (Wildman–Crippen LogP) is 4.75. The van der Waals surface area contributed by atoms with Gasteiger partial charge in [-0.1, -0.05) is 24.3 Å². The van der Waals surface area contributed by atoms with Crippen LogP contribution in [0.5, 0.6) is 5.75 Å². The number of aryl methyl sites for hydroxylation is 2. The molecule has 0 radical (unpaired) electrons. The fourth-order valence-corrected chi connectivity index (χ4v) is 5.29. The van der Waals surface area contributed by atoms with Crippen molar-refractivity contribution in [2.45, 2.75) is 20.3 Å². The number of aromatic nitrogens is 5. The third kappa shape index (κ3) is 4.57. The van der Waals surface area contributed by atoms with E-state index in [1.54, 1.807) is 13.3 Å². The van der Waals surface area contributed by atoms with Crippen molar-refractivity contribution in [1.29, 1.82) is 0 Å². The molecular weight excluding hydrogens is 476 g/mol. The van der Waals surface area contributed by atoms with Crippen LogP contribution >= 0.6 is 0 Å². The fourth-order valence-electron chi connectivity index (χ4n) is 5.29. The molecule has 8 nitrogen and oxygen atoms in total. The van der Waals surface area contributed by atoms with Crippen molar-refractivity contribution in [3.05, 3.63) is 83.9 Å². The number of benzene rings is 2. The van der Waals surface area contributed by atoms with Gasteiger partial charge in [-0.25, -0.2) is 14.2 Å². The summed E-state index contributed by atoms with van der Waals surface area (Å²) in [5, 5.41) is 9.35. The monoisotopic (exact) mass is 508 g/mol. The second-order valence-corrected chi connectivity index (χ2v) is 9.67. The minimum Gasteiger partial charge on any atom is -0.496 e. The number of morpholine rings is 1. The summed E-state index contributed by atoms with van der Waals surface area (Å²) < 4.78 is 15.2. The molecule has 0 N–H and O–H groups in total. The summed E-state index contributed by atoms with van der Waals surface area (Å²) in [4.78, 5) is 7.44. The van der Waals surface area contributed by atoms with Crippen LogP contribution in [-0.2, 0) is 11.2 Å². The summed E-state index contributed by atoms with van der Waals surface area (Å²) in [5.41, 5.74) is 9.09. The number of ether oxygens (including phenoxy) is 2. The second-order valence-electron chi connectivity index (χ2n) is 9.67. The third-order valence-electron chi connectivity index (χ3n) is 7.21. The quantitative estimate of drug-likeness (QED) is 0.316. The fraction of sp³-hybridized carbons (Fsp3) is 0.300. The van der Waals surface area contributed by atoms with Crippen molar-refractivity contribution in [3.8, 4) is 33.8 Å². The molecule has 1 saturated heterocycles. The van der Waals surface area contributed by atoms with Crippen LogP contribution in [0.4, 0.5) is 0 Å². The minimum atomic E-state index is 0.756. The number of hydrogen-bond acceptors (Lipinski definition) is 6. The van der Waals surface area contributed by atoms with Crippen LogP contribution in [0, 0.1) is 13.8 Å². The minimum absolute atomic E-state index is 0.756. The number of nitrogens with zero attached hydrogens (tertiary/aromatic N) is 6. The number of methoxy groups -OCH3 is 1. The van der Waals surface area contributed by atoms with Crippen molar-refractivity contribution in [1.82, 2.24) is 29.3 Å². The van der Waals surface area contributed by atoms with E-state index in [4.69, 9.17) is 19.6 Å². The molecule has 8 heteroatoms. The van der Waals surface area contributed by atoms with E-state index in [0.29, 0.717) is 0 Å². The lowest BCUT2D eigenvalue weighted by Gasteiger charge is -2.26. The lowest BCUT2D eigenvalue weighted by molar-refractivity contribution is 0.0384. The van der Waals surface area contributed by atoms with E-state index in [-0.39, 0.29) is 0 Å². The number of rotatable bonds is 7. The highest BCUT2D eigenvalue weighted by Gasteiger charge is 2.21. The van der Waals surface area contributed by atoms with E-state index in [9.17, 15) is 0 Å². The van der Waals surface area contributed by atoms with Gasteiger partial charge in [-0.05, 0) is 50.1 Å². The highest BCUT2D eigenvalue weighted by atomic mass is 16.5. The molecule has 0 amide bonds. The van der Waals surface area contributed by atoms with Gasteiger partial charge in [-0.15, -0.1) is 0 Å². The molecule has 0 saturated carbocycles. The van der Waals surface area contributed by atoms with Crippen LogP contribution in [0.3, 0.4) is 0 Å². The molecule has 38 heavy (non-hydrogen) atoms. The molecule has 3 aromatic heterocycles. The van der Waals surface area contributed by atoms with Crippen LogP contribution in [0.2, 0.25) is 0 Å². The summed E-state index contributed by atoms with van der Waals surface area (Å²) >= 11 is 0. The van der Waals surface area contributed by atoms with Gasteiger partial charge >= 0.3 is 0 Å². The lowest BCUT2D eigenvalue weighted by Crippen LogP contribution is -2.37. The Morgan fingerprint density at radius 1 is 0.974 bits per heavy atom. The molecule has 0 bridgehead atoms. The van der Waals surface area contributed by atoms with Gasteiger partial charge in [0.2, 0.25) is 0 Å². The first-order valence-corrected chi connectivity index (χ1v) is 13.1. The molecule has 1 fully saturated rings. The molecule has 0 spiro atoms. The van der Waals surface area contributed by atoms with Crippen LogP contribution in [-0.4, -0.2) is 69.2 Å². The van der Waals surface area contributed by atoms with Crippen molar-refractivity contribution >= 4 is 5.65 Å². The molecule has 5 aromatic rings. The first kappa shape index (κ1) is 24.3. The van der Waals surface area contributed by atoms with Gasteiger partial charge in [-0.2, -0.15) is 10.2 Å². The number of fused-ring (bicyclic) bond motifs is 1. The van der Waals surface area contributed by atoms with Gasteiger partial charge in [0.25, 0.3) is 0 Å². The Kier molecular flexibility index (Phi) is 6.66. The maximum absolute atomic E-state index is 5.85. The molecule has 0 aliphatic carbocycles. The Labute approximate surface area is 222 Å². The van der Waals surface area contributed by atoms with Gasteiger partial charge < -0.3 is 9.47 Å². The molecule has 0 atom stereocenters. The first-order chi connectivity index (χ1) is 18.6. The summed E-state index contributed by atoms with van der Waals surface area (Å²) in [7, 11) is 1.70. The summed E-state index contributed by atoms with van der Waals surface area (Å²) in [6.07, 6.45) is 4.65. The molecule has 0 unspecified atom stereocenters. The van der Waals surface area contributed by atoms with E-state index in [1.165, 1.54) is 11.1 Å². The Morgan fingerprint density at radius 3 is 2.61 bits per heavy atom. The van der Waals surface area contributed by atoms with Gasteiger partial charge in [0.1, 0.15) is 5.75 Å². The van der Waals surface area contributed by atoms with Crippen molar-refractivity contribution in [2.24, 2.45) is 0 Å². The number of hydrogen-bond donors (Lipinski definition) is 0. The average molecular weight is 509 g/mol. The SMILES string of the molecule is COc1cc(-n2cccn2)ccc1-c1c(C)nn2c(-c3ccccc3CCN3CCOCC3)cc(C)nc12. The largest absolute Gasteiger partial charge is 0.496 e. The second kappa shape index (κ2) is 10.4. The van der Waals surface area contributed by atoms with Crippen molar-refractivity contribution in [3.63, 3.8) is 0 Å². The molecule has 194 valence electrons. The van der Waals surface area contributed by atoms with Gasteiger partial charge in [-0.3, -0.25) is 4.90 Å². The van der Waals surface area contributed by atoms with E-state index in [1.807, 2.05) is 47.4 Å². The predicted molar refractivity (Wildman–Crippen MR) is 148 cm³/mol. The zero-order chi connectivity index (χ0) is 26.1. The zero-order valence-electron chi connectivity index (χ0n) is 22.1. The topological polar surface area (TPSA) is 69.7 Å². The van der Waals surface area contributed by atoms with Crippen molar-refractivity contribution < 1.29 is 9.47 Å². The Morgan fingerprint density at radius 2 is 1.82 bits per heavy atom. The maximum atomic E-state index is 5.85. The average Bonchev–Trinajstić information content (AvgIpc) is 3.60.